The Labute approximate surface area is 108 Å². The zero-order valence-electron chi connectivity index (χ0n) is 12.1. The number of aromatic amines is 1. The van der Waals surface area contributed by atoms with Crippen molar-refractivity contribution in [2.75, 3.05) is 0 Å². The SMILES string of the molecule is CC.CC(C)c1nc2c(=O)n(C(C)C)ccc2[nH]1. The molecule has 2 rings (SSSR count). The van der Waals surface area contributed by atoms with Crippen LogP contribution in [0.1, 0.15) is 59.3 Å². The number of nitrogens with zero attached hydrogens (tertiary/aromatic N) is 2. The van der Waals surface area contributed by atoms with E-state index in [1.807, 2.05) is 40.0 Å². The van der Waals surface area contributed by atoms with E-state index >= 15 is 0 Å². The fourth-order valence-corrected chi connectivity index (χ4v) is 1.71. The summed E-state index contributed by atoms with van der Waals surface area (Å²) in [5.41, 5.74) is 1.35. The summed E-state index contributed by atoms with van der Waals surface area (Å²) in [6, 6.07) is 2.08. The van der Waals surface area contributed by atoms with E-state index in [2.05, 4.69) is 23.8 Å². The van der Waals surface area contributed by atoms with E-state index in [0.717, 1.165) is 11.3 Å². The summed E-state index contributed by atoms with van der Waals surface area (Å²) in [5, 5.41) is 0. The summed E-state index contributed by atoms with van der Waals surface area (Å²) in [6.45, 7) is 12.1. The molecule has 18 heavy (non-hydrogen) atoms. The third kappa shape index (κ3) is 2.63. The van der Waals surface area contributed by atoms with Crippen molar-refractivity contribution in [2.24, 2.45) is 0 Å². The summed E-state index contributed by atoms with van der Waals surface area (Å²) < 4.78 is 1.70. The van der Waals surface area contributed by atoms with Gasteiger partial charge in [0.15, 0.2) is 5.52 Å². The number of fused-ring (bicyclic) bond motifs is 1. The second kappa shape index (κ2) is 5.85. The molecule has 0 fully saturated rings. The number of imidazole rings is 1. The number of aromatic nitrogens is 3. The van der Waals surface area contributed by atoms with Crippen LogP contribution in [0.25, 0.3) is 11.0 Å². The molecular formula is C14H23N3O. The first-order chi connectivity index (χ1) is 8.50. The Kier molecular flexibility index (Phi) is 4.70. The van der Waals surface area contributed by atoms with Crippen molar-refractivity contribution in [3.8, 4) is 0 Å². The Balaban J connectivity index is 0.000000771. The topological polar surface area (TPSA) is 50.7 Å². The van der Waals surface area contributed by atoms with Crippen molar-refractivity contribution in [3.05, 3.63) is 28.4 Å². The molecule has 2 aromatic heterocycles. The minimum absolute atomic E-state index is 0.0179. The van der Waals surface area contributed by atoms with Gasteiger partial charge in [-0.25, -0.2) is 4.98 Å². The lowest BCUT2D eigenvalue weighted by Crippen LogP contribution is -2.21. The van der Waals surface area contributed by atoms with Crippen LogP contribution in [0.15, 0.2) is 17.1 Å². The summed E-state index contributed by atoms with van der Waals surface area (Å²) in [5.74, 6) is 1.17. The van der Waals surface area contributed by atoms with Crippen LogP contribution in [0.4, 0.5) is 0 Å². The number of nitrogens with one attached hydrogen (secondary N) is 1. The number of hydrogen-bond acceptors (Lipinski definition) is 2. The van der Waals surface area contributed by atoms with Gasteiger partial charge in [0.25, 0.3) is 5.56 Å². The van der Waals surface area contributed by atoms with E-state index in [-0.39, 0.29) is 11.6 Å². The Morgan fingerprint density at radius 1 is 1.22 bits per heavy atom. The van der Waals surface area contributed by atoms with Gasteiger partial charge in [-0.3, -0.25) is 4.79 Å². The van der Waals surface area contributed by atoms with Gasteiger partial charge in [-0.15, -0.1) is 0 Å². The average Bonchev–Trinajstić information content (AvgIpc) is 2.76. The highest BCUT2D eigenvalue weighted by Gasteiger charge is 2.11. The van der Waals surface area contributed by atoms with Crippen molar-refractivity contribution >= 4 is 11.0 Å². The third-order valence-corrected chi connectivity index (χ3v) is 2.69. The predicted molar refractivity (Wildman–Crippen MR) is 76.2 cm³/mol. The van der Waals surface area contributed by atoms with Crippen LogP contribution < -0.4 is 5.56 Å². The fourth-order valence-electron chi connectivity index (χ4n) is 1.71. The van der Waals surface area contributed by atoms with Crippen LogP contribution in [-0.4, -0.2) is 14.5 Å². The molecule has 2 heterocycles. The number of H-pyrrole nitrogens is 1. The minimum Gasteiger partial charge on any atom is -0.342 e. The number of rotatable bonds is 2. The van der Waals surface area contributed by atoms with E-state index in [4.69, 9.17) is 0 Å². The van der Waals surface area contributed by atoms with Crippen LogP contribution in [0.2, 0.25) is 0 Å². The highest BCUT2D eigenvalue weighted by atomic mass is 16.1. The van der Waals surface area contributed by atoms with Crippen molar-refractivity contribution in [3.63, 3.8) is 0 Å². The van der Waals surface area contributed by atoms with Gasteiger partial charge in [-0.2, -0.15) is 0 Å². The highest BCUT2D eigenvalue weighted by Crippen LogP contribution is 2.14. The molecule has 0 amide bonds. The lowest BCUT2D eigenvalue weighted by atomic mass is 10.2. The molecule has 1 N–H and O–H groups in total. The molecule has 0 saturated carbocycles. The molecule has 0 aliphatic carbocycles. The van der Waals surface area contributed by atoms with Crippen LogP contribution in [-0.2, 0) is 0 Å². The van der Waals surface area contributed by atoms with Gasteiger partial charge in [-0.1, -0.05) is 27.7 Å². The zero-order valence-corrected chi connectivity index (χ0v) is 12.1. The van der Waals surface area contributed by atoms with Crippen molar-refractivity contribution < 1.29 is 0 Å². The van der Waals surface area contributed by atoms with Gasteiger partial charge in [0.1, 0.15) is 5.82 Å². The van der Waals surface area contributed by atoms with E-state index in [0.29, 0.717) is 11.4 Å². The molecule has 4 heteroatoms. The molecule has 0 atom stereocenters. The standard InChI is InChI=1S/C12H17N3O.C2H6/c1-7(2)11-13-9-5-6-15(8(3)4)12(16)10(9)14-11;1-2/h5-8H,1-4H3,(H,13,14);1-2H3. The smallest absolute Gasteiger partial charge is 0.278 e. The summed E-state index contributed by atoms with van der Waals surface area (Å²) in [6.07, 6.45) is 1.82. The first-order valence-corrected chi connectivity index (χ1v) is 6.61. The maximum atomic E-state index is 12.1. The normalized spacial score (nSPS) is 10.9. The summed E-state index contributed by atoms with van der Waals surface area (Å²) in [7, 11) is 0. The first kappa shape index (κ1) is 14.5. The predicted octanol–water partition coefficient (Wildman–Crippen LogP) is 3.46. The Bertz CT molecular complexity index is 564. The van der Waals surface area contributed by atoms with E-state index in [9.17, 15) is 4.79 Å². The molecule has 0 unspecified atom stereocenters. The molecule has 100 valence electrons. The largest absolute Gasteiger partial charge is 0.342 e. The van der Waals surface area contributed by atoms with Crippen molar-refractivity contribution in [2.45, 2.75) is 53.5 Å². The maximum absolute atomic E-state index is 12.1. The van der Waals surface area contributed by atoms with E-state index in [1.165, 1.54) is 0 Å². The van der Waals surface area contributed by atoms with Gasteiger partial charge in [0, 0.05) is 18.2 Å². The molecule has 0 saturated heterocycles. The third-order valence-electron chi connectivity index (χ3n) is 2.69. The number of pyridine rings is 1. The molecule has 0 spiro atoms. The molecule has 0 aromatic carbocycles. The molecule has 2 aromatic rings. The zero-order chi connectivity index (χ0) is 13.9. The summed E-state index contributed by atoms with van der Waals surface area (Å²) in [4.78, 5) is 19.6. The molecular weight excluding hydrogens is 226 g/mol. The second-order valence-corrected chi connectivity index (χ2v) is 4.66. The average molecular weight is 249 g/mol. The second-order valence-electron chi connectivity index (χ2n) is 4.66. The van der Waals surface area contributed by atoms with E-state index in [1.54, 1.807) is 4.57 Å². The molecule has 0 radical (unpaired) electrons. The molecule has 0 aliphatic rings. The minimum atomic E-state index is -0.0179. The quantitative estimate of drug-likeness (QED) is 0.886. The molecule has 0 aliphatic heterocycles. The molecule has 0 bridgehead atoms. The maximum Gasteiger partial charge on any atom is 0.278 e. The Morgan fingerprint density at radius 2 is 1.83 bits per heavy atom. The Hall–Kier alpha value is -1.58. The Morgan fingerprint density at radius 3 is 2.33 bits per heavy atom. The lowest BCUT2D eigenvalue weighted by molar-refractivity contribution is 0.582. The number of hydrogen-bond donors (Lipinski definition) is 1. The highest BCUT2D eigenvalue weighted by molar-refractivity contribution is 5.73. The van der Waals surface area contributed by atoms with Gasteiger partial charge >= 0.3 is 0 Å². The van der Waals surface area contributed by atoms with Gasteiger partial charge in [0.2, 0.25) is 0 Å². The van der Waals surface area contributed by atoms with Crippen molar-refractivity contribution in [1.29, 1.82) is 0 Å². The van der Waals surface area contributed by atoms with Crippen LogP contribution >= 0.6 is 0 Å². The first-order valence-electron chi connectivity index (χ1n) is 6.61. The van der Waals surface area contributed by atoms with Gasteiger partial charge in [-0.05, 0) is 19.9 Å². The lowest BCUT2D eigenvalue weighted by Gasteiger charge is -2.07. The van der Waals surface area contributed by atoms with Crippen LogP contribution in [0, 0.1) is 0 Å². The monoisotopic (exact) mass is 249 g/mol. The molecule has 4 nitrogen and oxygen atoms in total. The van der Waals surface area contributed by atoms with Gasteiger partial charge < -0.3 is 9.55 Å². The van der Waals surface area contributed by atoms with Crippen LogP contribution in [0.5, 0.6) is 0 Å². The fraction of sp³-hybridized carbons (Fsp3) is 0.571. The van der Waals surface area contributed by atoms with Crippen molar-refractivity contribution in [1.82, 2.24) is 14.5 Å². The van der Waals surface area contributed by atoms with Gasteiger partial charge in [0.05, 0.1) is 5.52 Å². The van der Waals surface area contributed by atoms with E-state index < -0.39 is 0 Å². The summed E-state index contributed by atoms with van der Waals surface area (Å²) >= 11 is 0. The van der Waals surface area contributed by atoms with Crippen LogP contribution in [0.3, 0.4) is 0 Å².